The molecule has 0 radical (unpaired) electrons. The van der Waals surface area contributed by atoms with Crippen molar-refractivity contribution in [1.29, 1.82) is 0 Å². The molecule has 0 aromatic heterocycles. The number of allylic oxidation sites excluding steroid dienone is 2. The second kappa shape index (κ2) is 6.77. The highest BCUT2D eigenvalue weighted by Gasteiger charge is 2.45. The molecule has 0 aromatic rings. The molecule has 3 aliphatic rings. The number of carbonyl (C=O) groups excluding carboxylic acids is 2. The van der Waals surface area contributed by atoms with Gasteiger partial charge in [0, 0.05) is 24.5 Å². The number of carbonyl (C=O) groups is 2. The van der Waals surface area contributed by atoms with Gasteiger partial charge in [-0.3, -0.25) is 4.79 Å². The fourth-order valence-corrected chi connectivity index (χ4v) is 4.30. The summed E-state index contributed by atoms with van der Waals surface area (Å²) < 4.78 is 5.56. The Labute approximate surface area is 144 Å². The summed E-state index contributed by atoms with van der Waals surface area (Å²) in [5.74, 6) is 0.560. The Morgan fingerprint density at radius 3 is 2.38 bits per heavy atom. The van der Waals surface area contributed by atoms with Gasteiger partial charge in [-0.25, -0.2) is 4.79 Å². The zero-order chi connectivity index (χ0) is 17.3. The van der Waals surface area contributed by atoms with E-state index in [1.54, 1.807) is 0 Å². The number of nitrogens with zero attached hydrogens (tertiary/aromatic N) is 1. The third kappa shape index (κ3) is 4.11. The van der Waals surface area contributed by atoms with Gasteiger partial charge in [0.15, 0.2) is 0 Å². The lowest BCUT2D eigenvalue weighted by atomic mass is 9.97. The minimum Gasteiger partial charge on any atom is -0.444 e. The summed E-state index contributed by atoms with van der Waals surface area (Å²) in [4.78, 5) is 26.6. The van der Waals surface area contributed by atoms with Gasteiger partial charge in [0.25, 0.3) is 0 Å². The minimum atomic E-state index is -0.462. The van der Waals surface area contributed by atoms with Crippen LogP contribution in [0, 0.1) is 5.92 Å². The van der Waals surface area contributed by atoms with Crippen LogP contribution in [0.4, 0.5) is 4.79 Å². The van der Waals surface area contributed by atoms with Crippen molar-refractivity contribution in [3.8, 4) is 0 Å². The number of hydrogen-bond acceptors (Lipinski definition) is 3. The van der Waals surface area contributed by atoms with Gasteiger partial charge in [-0.1, -0.05) is 12.2 Å². The Morgan fingerprint density at radius 1 is 1.17 bits per heavy atom. The number of nitrogens with one attached hydrogen (secondary N) is 1. The largest absolute Gasteiger partial charge is 0.444 e. The molecule has 3 atom stereocenters. The summed E-state index contributed by atoms with van der Waals surface area (Å²) >= 11 is 0. The number of fused-ring (bicyclic) bond motifs is 2. The molecule has 2 heterocycles. The highest BCUT2D eigenvalue weighted by atomic mass is 16.6. The molecule has 0 aromatic carbocycles. The van der Waals surface area contributed by atoms with Crippen LogP contribution >= 0.6 is 0 Å². The van der Waals surface area contributed by atoms with Crippen LogP contribution in [0.25, 0.3) is 0 Å². The first-order chi connectivity index (χ1) is 11.3. The van der Waals surface area contributed by atoms with Crippen molar-refractivity contribution in [1.82, 2.24) is 10.2 Å². The molecule has 5 nitrogen and oxygen atoms in total. The van der Waals surface area contributed by atoms with E-state index in [9.17, 15) is 9.59 Å². The van der Waals surface area contributed by atoms with Crippen molar-refractivity contribution in [2.45, 2.75) is 89.4 Å². The number of ether oxygens (including phenoxy) is 1. The van der Waals surface area contributed by atoms with Crippen LogP contribution in [0.15, 0.2) is 12.2 Å². The fraction of sp³-hybridized carbons (Fsp3) is 0.789. The van der Waals surface area contributed by atoms with Crippen LogP contribution in [0.2, 0.25) is 0 Å². The third-order valence-electron chi connectivity index (χ3n) is 5.26. The number of amides is 2. The molecule has 2 bridgehead atoms. The van der Waals surface area contributed by atoms with Crippen molar-refractivity contribution < 1.29 is 14.3 Å². The van der Waals surface area contributed by atoms with Gasteiger partial charge in [-0.15, -0.1) is 0 Å². The van der Waals surface area contributed by atoms with E-state index in [2.05, 4.69) is 17.5 Å². The molecule has 2 fully saturated rings. The molecule has 3 rings (SSSR count). The lowest BCUT2D eigenvalue weighted by Gasteiger charge is -2.39. The highest BCUT2D eigenvalue weighted by molar-refractivity contribution is 5.77. The van der Waals surface area contributed by atoms with Crippen molar-refractivity contribution in [2.24, 2.45) is 5.92 Å². The summed E-state index contributed by atoms with van der Waals surface area (Å²) in [6, 6.07) is 0.602. The van der Waals surface area contributed by atoms with Crippen molar-refractivity contribution in [3.63, 3.8) is 0 Å². The van der Waals surface area contributed by atoms with Crippen molar-refractivity contribution in [3.05, 3.63) is 12.2 Å². The maximum Gasteiger partial charge on any atom is 0.410 e. The van der Waals surface area contributed by atoms with Crippen LogP contribution in [0.1, 0.15) is 65.7 Å². The van der Waals surface area contributed by atoms with Gasteiger partial charge in [0.2, 0.25) is 5.91 Å². The molecule has 0 spiro atoms. The first-order valence-corrected chi connectivity index (χ1v) is 9.29. The summed E-state index contributed by atoms with van der Waals surface area (Å²) in [6.45, 7) is 5.70. The Hall–Kier alpha value is -1.52. The van der Waals surface area contributed by atoms with E-state index in [-0.39, 0.29) is 30.1 Å². The van der Waals surface area contributed by atoms with Crippen molar-refractivity contribution in [2.75, 3.05) is 0 Å². The average Bonchev–Trinajstić information content (AvgIpc) is 3.03. The normalized spacial score (nSPS) is 32.0. The lowest BCUT2D eigenvalue weighted by molar-refractivity contribution is -0.122. The Bertz CT molecular complexity index is 509. The van der Waals surface area contributed by atoms with Crippen molar-refractivity contribution >= 4 is 12.0 Å². The van der Waals surface area contributed by atoms with Gasteiger partial charge >= 0.3 is 6.09 Å². The predicted octanol–water partition coefficient (Wildman–Crippen LogP) is 3.39. The molecule has 5 heteroatoms. The van der Waals surface area contributed by atoms with E-state index < -0.39 is 5.60 Å². The molecular formula is C19H30N2O3. The van der Waals surface area contributed by atoms with Crippen LogP contribution in [-0.2, 0) is 9.53 Å². The molecule has 2 aliphatic heterocycles. The first kappa shape index (κ1) is 17.3. The van der Waals surface area contributed by atoms with E-state index in [4.69, 9.17) is 4.74 Å². The first-order valence-electron chi connectivity index (χ1n) is 9.29. The smallest absolute Gasteiger partial charge is 0.410 e. The molecule has 1 N–H and O–H groups in total. The van der Waals surface area contributed by atoms with Crippen LogP contribution in [0.3, 0.4) is 0 Å². The monoisotopic (exact) mass is 334 g/mol. The van der Waals surface area contributed by atoms with E-state index in [1.807, 2.05) is 25.7 Å². The quantitative estimate of drug-likeness (QED) is 0.805. The van der Waals surface area contributed by atoms with Gasteiger partial charge in [0.1, 0.15) is 5.60 Å². The zero-order valence-corrected chi connectivity index (χ0v) is 15.1. The standard InChI is InChI=1S/C19H30N2O3/c1-19(2,3)24-18(23)21-15-8-9-16(21)12-14(11-15)20-17(22)10-13-6-4-5-7-13/h4,6,13-16H,5,7-12H2,1-3H3,(H,20,22)/t13-,15+,16+/m1/s1. The maximum absolute atomic E-state index is 12.4. The Balaban J connectivity index is 1.52. The van der Waals surface area contributed by atoms with Gasteiger partial charge in [-0.2, -0.15) is 0 Å². The van der Waals surface area contributed by atoms with Crippen LogP contribution in [-0.4, -0.2) is 40.6 Å². The van der Waals surface area contributed by atoms with E-state index >= 15 is 0 Å². The Kier molecular flexibility index (Phi) is 4.88. The summed E-state index contributed by atoms with van der Waals surface area (Å²) in [7, 11) is 0. The molecule has 2 saturated heterocycles. The summed E-state index contributed by atoms with van der Waals surface area (Å²) in [5.41, 5.74) is -0.462. The third-order valence-corrected chi connectivity index (χ3v) is 5.26. The molecule has 24 heavy (non-hydrogen) atoms. The van der Waals surface area contributed by atoms with E-state index in [0.717, 1.165) is 38.5 Å². The maximum atomic E-state index is 12.4. The summed E-state index contributed by atoms with van der Waals surface area (Å²) in [5, 5.41) is 3.20. The minimum absolute atomic E-state index is 0.154. The van der Waals surface area contributed by atoms with E-state index in [0.29, 0.717) is 12.3 Å². The Morgan fingerprint density at radius 2 is 1.83 bits per heavy atom. The number of rotatable bonds is 3. The predicted molar refractivity (Wildman–Crippen MR) is 92.5 cm³/mol. The lowest BCUT2D eigenvalue weighted by Crippen LogP contribution is -2.53. The second-order valence-electron chi connectivity index (χ2n) is 8.48. The van der Waals surface area contributed by atoms with E-state index in [1.165, 1.54) is 0 Å². The molecule has 1 aliphatic carbocycles. The number of piperidine rings is 1. The average molecular weight is 334 g/mol. The molecule has 134 valence electrons. The topological polar surface area (TPSA) is 58.6 Å². The highest BCUT2D eigenvalue weighted by Crippen LogP contribution is 2.37. The van der Waals surface area contributed by atoms with Gasteiger partial charge < -0.3 is 15.0 Å². The summed E-state index contributed by atoms with van der Waals surface area (Å²) in [6.07, 6.45) is 10.6. The molecular weight excluding hydrogens is 304 g/mol. The second-order valence-corrected chi connectivity index (χ2v) is 8.48. The fourth-order valence-electron chi connectivity index (χ4n) is 4.30. The molecule has 0 unspecified atom stereocenters. The zero-order valence-electron chi connectivity index (χ0n) is 15.1. The van der Waals surface area contributed by atoms with Gasteiger partial charge in [0.05, 0.1) is 0 Å². The molecule has 0 saturated carbocycles. The SMILES string of the molecule is CC(C)(C)OC(=O)N1[C@H]2CC[C@H]1CC(NC(=O)C[C@@H]1C=CCC1)C2. The number of hydrogen-bond donors (Lipinski definition) is 1. The van der Waals surface area contributed by atoms with Crippen LogP contribution in [0.5, 0.6) is 0 Å². The molecule has 2 amide bonds. The van der Waals surface area contributed by atoms with Gasteiger partial charge in [-0.05, 0) is 65.2 Å². The van der Waals surface area contributed by atoms with Crippen LogP contribution < -0.4 is 5.32 Å².